The molecule has 4 N–H and O–H groups in total. The highest BCUT2D eigenvalue weighted by atomic mass is 15.2. The fraction of sp³-hybridized carbons (Fsp3) is 0.619. The number of nitrogens with zero attached hydrogens (tertiary/aromatic N) is 4. The van der Waals surface area contributed by atoms with Gasteiger partial charge in [0.15, 0.2) is 0 Å². The topological polar surface area (TPSA) is 96.5 Å². The van der Waals surface area contributed by atoms with Crippen molar-refractivity contribution in [2.75, 3.05) is 39.8 Å². The first-order chi connectivity index (χ1) is 13.7. The fourth-order valence-electron chi connectivity index (χ4n) is 4.04. The molecule has 3 heterocycles. The number of hydrogen-bond donors (Lipinski definition) is 3. The monoisotopic (exact) mass is 383 g/mol. The molecular weight excluding hydrogens is 350 g/mol. The predicted molar refractivity (Wildman–Crippen MR) is 114 cm³/mol. The molecule has 0 spiro atoms. The van der Waals surface area contributed by atoms with Gasteiger partial charge in [-0.3, -0.25) is 4.90 Å². The molecule has 1 saturated heterocycles. The second-order valence-electron chi connectivity index (χ2n) is 7.86. The Morgan fingerprint density at radius 2 is 2.00 bits per heavy atom. The first kappa shape index (κ1) is 20.4. The highest BCUT2D eigenvalue weighted by molar-refractivity contribution is 5.87. The van der Waals surface area contributed by atoms with E-state index >= 15 is 0 Å². The summed E-state index contributed by atoms with van der Waals surface area (Å²) >= 11 is 0. The van der Waals surface area contributed by atoms with E-state index in [1.807, 2.05) is 12.3 Å². The number of likely N-dealkylation sites (N-methyl/N-ethyl adjacent to an activating group) is 1. The lowest BCUT2D eigenvalue weighted by Gasteiger charge is -2.31. The second kappa shape index (κ2) is 10.3. The molecule has 0 atom stereocenters. The van der Waals surface area contributed by atoms with Crippen molar-refractivity contribution in [3.05, 3.63) is 23.5 Å². The van der Waals surface area contributed by atoms with E-state index in [1.165, 1.54) is 32.1 Å². The lowest BCUT2D eigenvalue weighted by molar-refractivity contribution is 0.156. The Balaban J connectivity index is 0.000000178. The molecule has 2 fully saturated rings. The van der Waals surface area contributed by atoms with E-state index in [0.717, 1.165) is 55.5 Å². The van der Waals surface area contributed by atoms with Crippen molar-refractivity contribution in [3.8, 4) is 6.07 Å². The van der Waals surface area contributed by atoms with Gasteiger partial charge in [0.1, 0.15) is 5.82 Å². The molecule has 4 rings (SSSR count). The van der Waals surface area contributed by atoms with Crippen LogP contribution in [0.4, 0.5) is 5.82 Å². The van der Waals surface area contributed by atoms with Crippen LogP contribution in [0.3, 0.4) is 0 Å². The molecule has 0 aromatic carbocycles. The number of nitrogens with two attached hydrogens (primary N) is 1. The fourth-order valence-corrected chi connectivity index (χ4v) is 4.04. The molecule has 0 radical (unpaired) electrons. The first-order valence-electron chi connectivity index (χ1n) is 10.4. The lowest BCUT2D eigenvalue weighted by atomic mass is 9.85. The third-order valence-corrected chi connectivity index (χ3v) is 5.87. The Hall–Kier alpha value is -2.30. The Morgan fingerprint density at radius 1 is 1.25 bits per heavy atom. The highest BCUT2D eigenvalue weighted by Gasteiger charge is 2.22. The summed E-state index contributed by atoms with van der Waals surface area (Å²) in [6.45, 7) is 5.48. The number of allylic oxidation sites excluding steroid dienone is 1. The minimum atomic E-state index is 0.528. The Morgan fingerprint density at radius 3 is 2.71 bits per heavy atom. The van der Waals surface area contributed by atoms with Crippen molar-refractivity contribution < 1.29 is 0 Å². The van der Waals surface area contributed by atoms with Crippen LogP contribution in [0.1, 0.15) is 44.1 Å². The van der Waals surface area contributed by atoms with E-state index in [2.05, 4.69) is 38.2 Å². The summed E-state index contributed by atoms with van der Waals surface area (Å²) in [5.41, 5.74) is 9.47. The number of piperazine rings is 1. The largest absolute Gasteiger partial charge is 0.400 e. The quantitative estimate of drug-likeness (QED) is 0.746. The molecule has 7 nitrogen and oxygen atoms in total. The van der Waals surface area contributed by atoms with E-state index in [-0.39, 0.29) is 0 Å². The smallest absolute Gasteiger partial charge is 0.141 e. The van der Waals surface area contributed by atoms with E-state index < -0.39 is 0 Å². The molecule has 7 heteroatoms. The van der Waals surface area contributed by atoms with Gasteiger partial charge in [-0.25, -0.2) is 4.99 Å². The van der Waals surface area contributed by atoms with Crippen molar-refractivity contribution in [1.29, 1.82) is 5.26 Å². The number of rotatable bonds is 3. The number of aliphatic imine (C=N–C) groups is 1. The number of hydrogen-bond acceptors (Lipinski definition) is 6. The zero-order valence-electron chi connectivity index (χ0n) is 17.0. The summed E-state index contributed by atoms with van der Waals surface area (Å²) in [7, 11) is 2.14. The molecule has 28 heavy (non-hydrogen) atoms. The second-order valence-corrected chi connectivity index (χ2v) is 7.86. The Labute approximate surface area is 168 Å². The molecule has 152 valence electrons. The average molecular weight is 384 g/mol. The molecule has 0 unspecified atom stereocenters. The summed E-state index contributed by atoms with van der Waals surface area (Å²) in [4.78, 5) is 12.0. The SMILES string of the molecule is CN1CCN(CCC#N)CC1.N/C(=C1\NC=Nc2[nH]ccc21)C1CCCCC1. The Kier molecular flexibility index (Phi) is 7.52. The van der Waals surface area contributed by atoms with Gasteiger partial charge in [-0.2, -0.15) is 5.26 Å². The van der Waals surface area contributed by atoms with Crippen molar-refractivity contribution >= 4 is 17.9 Å². The highest BCUT2D eigenvalue weighted by Crippen LogP contribution is 2.33. The zero-order chi connectivity index (χ0) is 19.8. The van der Waals surface area contributed by atoms with Crippen LogP contribution in [0, 0.1) is 17.2 Å². The summed E-state index contributed by atoms with van der Waals surface area (Å²) in [5, 5.41) is 11.6. The molecular formula is C21H33N7. The molecule has 1 aliphatic carbocycles. The van der Waals surface area contributed by atoms with Gasteiger partial charge in [-0.1, -0.05) is 19.3 Å². The van der Waals surface area contributed by atoms with Crippen molar-refractivity contribution in [2.24, 2.45) is 16.6 Å². The minimum absolute atomic E-state index is 0.528. The summed E-state index contributed by atoms with van der Waals surface area (Å²) in [5.74, 6) is 1.43. The van der Waals surface area contributed by atoms with Gasteiger partial charge in [0.05, 0.1) is 18.1 Å². The number of aromatic amines is 1. The molecule has 0 bridgehead atoms. The number of aromatic nitrogens is 1. The van der Waals surface area contributed by atoms with Crippen LogP contribution in [-0.2, 0) is 0 Å². The maximum atomic E-state index is 8.36. The third kappa shape index (κ3) is 5.37. The van der Waals surface area contributed by atoms with Crippen molar-refractivity contribution in [2.45, 2.75) is 38.5 Å². The van der Waals surface area contributed by atoms with E-state index in [0.29, 0.717) is 12.3 Å². The van der Waals surface area contributed by atoms with Crippen LogP contribution in [0.5, 0.6) is 0 Å². The summed E-state index contributed by atoms with van der Waals surface area (Å²) in [6.07, 6.45) is 10.7. The maximum absolute atomic E-state index is 8.36. The predicted octanol–water partition coefficient (Wildman–Crippen LogP) is 2.63. The van der Waals surface area contributed by atoms with Gasteiger partial charge < -0.3 is 20.9 Å². The van der Waals surface area contributed by atoms with Crippen LogP contribution in [0.15, 0.2) is 23.0 Å². The third-order valence-electron chi connectivity index (χ3n) is 5.87. The van der Waals surface area contributed by atoms with Gasteiger partial charge in [-0.05, 0) is 26.0 Å². The van der Waals surface area contributed by atoms with Gasteiger partial charge >= 0.3 is 0 Å². The Bertz CT molecular complexity index is 713. The molecule has 1 saturated carbocycles. The van der Waals surface area contributed by atoms with Crippen molar-refractivity contribution in [1.82, 2.24) is 20.1 Å². The number of nitrogens with one attached hydrogen (secondary N) is 2. The summed E-state index contributed by atoms with van der Waals surface area (Å²) in [6, 6.07) is 4.20. The minimum Gasteiger partial charge on any atom is -0.400 e. The normalized spacial score (nSPS) is 22.4. The first-order valence-corrected chi connectivity index (χ1v) is 10.4. The van der Waals surface area contributed by atoms with Crippen LogP contribution in [-0.4, -0.2) is 60.9 Å². The number of H-pyrrole nitrogens is 1. The van der Waals surface area contributed by atoms with Gasteiger partial charge in [0, 0.05) is 62.5 Å². The van der Waals surface area contributed by atoms with E-state index in [9.17, 15) is 0 Å². The molecule has 2 aliphatic heterocycles. The van der Waals surface area contributed by atoms with Gasteiger partial charge in [0.2, 0.25) is 0 Å². The van der Waals surface area contributed by atoms with Crippen LogP contribution < -0.4 is 11.1 Å². The average Bonchev–Trinajstić information content (AvgIpc) is 3.23. The lowest BCUT2D eigenvalue weighted by Crippen LogP contribution is -2.44. The van der Waals surface area contributed by atoms with Crippen LogP contribution in [0.2, 0.25) is 0 Å². The van der Waals surface area contributed by atoms with Crippen molar-refractivity contribution in [3.63, 3.8) is 0 Å². The maximum Gasteiger partial charge on any atom is 0.141 e. The van der Waals surface area contributed by atoms with Crippen LogP contribution in [0.25, 0.3) is 5.70 Å². The number of fused-ring (bicyclic) bond motifs is 1. The summed E-state index contributed by atoms with van der Waals surface area (Å²) < 4.78 is 0. The van der Waals surface area contributed by atoms with Gasteiger partial charge in [-0.15, -0.1) is 0 Å². The van der Waals surface area contributed by atoms with E-state index in [1.54, 1.807) is 6.34 Å². The van der Waals surface area contributed by atoms with Crippen LogP contribution >= 0.6 is 0 Å². The van der Waals surface area contributed by atoms with Gasteiger partial charge in [0.25, 0.3) is 0 Å². The standard InChI is InChI=1S/C13H18N4.C8H15N3/c14-11(9-4-2-1-3-5-9)12-10-6-7-15-13(10)17-8-16-12;1-10-5-7-11(8-6-10)4-2-3-9/h6-9,15H,1-5,14H2,(H,16,17);2,4-8H2,1H3/b12-11-;. The molecule has 0 amide bonds. The molecule has 1 aromatic heterocycles. The molecule has 1 aromatic rings. The van der Waals surface area contributed by atoms with E-state index in [4.69, 9.17) is 11.0 Å². The zero-order valence-corrected chi connectivity index (χ0v) is 17.0. The molecule has 3 aliphatic rings. The number of nitriles is 1.